The molecule has 2 aromatic rings. The molecule has 1 N–H and O–H groups in total. The van der Waals surface area contributed by atoms with Gasteiger partial charge in [-0.1, -0.05) is 45.9 Å². The van der Waals surface area contributed by atoms with Crippen LogP contribution in [0.2, 0.25) is 0 Å². The minimum Gasteiger partial charge on any atom is -0.478 e. The number of hydrogen-bond donors (Lipinski definition) is 1. The largest absolute Gasteiger partial charge is 0.478 e. The maximum atomic E-state index is 12.3. The molecule has 178 valence electrons. The van der Waals surface area contributed by atoms with Crippen LogP contribution in [-0.2, 0) is 10.8 Å². The second-order valence-corrected chi connectivity index (χ2v) is 11.3. The van der Waals surface area contributed by atoms with Crippen molar-refractivity contribution >= 4 is 22.6 Å². The van der Waals surface area contributed by atoms with E-state index < -0.39 is 5.97 Å². The van der Waals surface area contributed by atoms with Gasteiger partial charge in [-0.2, -0.15) is 0 Å². The summed E-state index contributed by atoms with van der Waals surface area (Å²) in [6.45, 7) is 11.1. The maximum Gasteiger partial charge on any atom is 0.336 e. The molecule has 2 aromatic carbocycles. The van der Waals surface area contributed by atoms with Gasteiger partial charge in [0.1, 0.15) is 11.3 Å². The highest BCUT2D eigenvalue weighted by molar-refractivity contribution is 6.09. The predicted molar refractivity (Wildman–Crippen MR) is 139 cm³/mol. The Balaban J connectivity index is 1.88. The normalized spacial score (nSPS) is 18.0. The van der Waals surface area contributed by atoms with Crippen molar-refractivity contribution in [1.29, 1.82) is 0 Å². The van der Waals surface area contributed by atoms with Crippen LogP contribution in [0.15, 0.2) is 57.7 Å². The summed E-state index contributed by atoms with van der Waals surface area (Å²) < 4.78 is 6.59. The second kappa shape index (κ2) is 7.20. The molecule has 0 saturated carbocycles. The van der Waals surface area contributed by atoms with Crippen LogP contribution in [0.5, 0.6) is 0 Å². The number of anilines is 1. The topological polar surface area (TPSA) is 70.8 Å². The van der Waals surface area contributed by atoms with Gasteiger partial charge in [0.05, 0.1) is 5.56 Å². The molecule has 0 amide bonds. The van der Waals surface area contributed by atoms with Gasteiger partial charge in [-0.3, -0.25) is 4.79 Å². The van der Waals surface area contributed by atoms with Gasteiger partial charge in [0, 0.05) is 46.9 Å². The summed E-state index contributed by atoms with van der Waals surface area (Å²) in [5, 5.41) is 10.9. The van der Waals surface area contributed by atoms with Crippen molar-refractivity contribution < 1.29 is 14.3 Å². The van der Waals surface area contributed by atoms with Gasteiger partial charge in [0.25, 0.3) is 0 Å². The predicted octanol–water partition coefficient (Wildman–Crippen LogP) is 6.43. The van der Waals surface area contributed by atoms with E-state index in [0.717, 1.165) is 53.6 Å². The highest BCUT2D eigenvalue weighted by Crippen LogP contribution is 2.54. The zero-order valence-electron chi connectivity index (χ0n) is 20.6. The van der Waals surface area contributed by atoms with E-state index in [9.17, 15) is 14.7 Å². The number of carbonyl (C=O) groups is 1. The standard InChI is InChI=1S/C30H29NO4/c1-29(2)11-13-31-14-12-30(3,4)25-26(31)22(29)16-21-24(18-7-5-6-8-19(18)28(33)34)20-10-9-17(32)15-23(20)35-27(21)25/h5-10,15-16H,11-14H2,1-4H3,(H,33,34). The van der Waals surface area contributed by atoms with Crippen LogP contribution in [0, 0.1) is 0 Å². The van der Waals surface area contributed by atoms with Crippen LogP contribution in [0.25, 0.3) is 33.4 Å². The summed E-state index contributed by atoms with van der Waals surface area (Å²) >= 11 is 0. The average molecular weight is 468 g/mol. The second-order valence-electron chi connectivity index (χ2n) is 11.3. The Morgan fingerprint density at radius 3 is 2.40 bits per heavy atom. The molecule has 0 bridgehead atoms. The molecule has 0 radical (unpaired) electrons. The van der Waals surface area contributed by atoms with Gasteiger partial charge in [-0.05, 0) is 59.1 Å². The smallest absolute Gasteiger partial charge is 0.336 e. The van der Waals surface area contributed by atoms with E-state index in [1.54, 1.807) is 18.2 Å². The van der Waals surface area contributed by atoms with Crippen molar-refractivity contribution in [1.82, 2.24) is 0 Å². The molecule has 0 aromatic heterocycles. The van der Waals surface area contributed by atoms with Gasteiger partial charge < -0.3 is 14.4 Å². The molecule has 0 atom stereocenters. The zero-order chi connectivity index (χ0) is 24.7. The number of fused-ring (bicyclic) bond motifs is 3. The average Bonchev–Trinajstić information content (AvgIpc) is 2.80. The van der Waals surface area contributed by atoms with Crippen molar-refractivity contribution in [3.8, 4) is 22.5 Å². The molecule has 3 aliphatic heterocycles. The number of hydrogen-bond acceptors (Lipinski definition) is 4. The van der Waals surface area contributed by atoms with E-state index in [4.69, 9.17) is 4.42 Å². The molecule has 0 spiro atoms. The fourth-order valence-electron chi connectivity index (χ4n) is 6.07. The van der Waals surface area contributed by atoms with E-state index in [1.807, 2.05) is 12.1 Å². The number of aromatic carboxylic acids is 1. The first kappa shape index (κ1) is 21.9. The Hall–Kier alpha value is -3.60. The third-order valence-corrected chi connectivity index (χ3v) is 8.12. The van der Waals surface area contributed by atoms with E-state index in [1.165, 1.54) is 23.4 Å². The third kappa shape index (κ3) is 3.14. The lowest BCUT2D eigenvalue weighted by atomic mass is 9.68. The molecular formula is C30H29NO4. The van der Waals surface area contributed by atoms with Crippen LogP contribution in [0.4, 0.5) is 5.69 Å². The van der Waals surface area contributed by atoms with Crippen molar-refractivity contribution in [3.05, 3.63) is 75.4 Å². The Kier molecular flexibility index (Phi) is 4.51. The number of rotatable bonds is 2. The molecule has 0 fully saturated rings. The molecule has 1 aliphatic carbocycles. The SMILES string of the molecule is CC1(C)CCN2CCC(C)(C)c3c2c1cc1c(-c2ccccc2C(=O)O)c2ccc(=O)cc-2oc31. The van der Waals surface area contributed by atoms with Crippen molar-refractivity contribution in [2.45, 2.75) is 51.4 Å². The first-order valence-electron chi connectivity index (χ1n) is 12.2. The third-order valence-electron chi connectivity index (χ3n) is 8.12. The molecule has 5 heteroatoms. The van der Waals surface area contributed by atoms with Crippen molar-refractivity contribution in [2.24, 2.45) is 0 Å². The number of benzene rings is 3. The summed E-state index contributed by atoms with van der Waals surface area (Å²) in [6.07, 6.45) is 2.05. The summed E-state index contributed by atoms with van der Waals surface area (Å²) in [4.78, 5) is 27.1. The highest BCUT2D eigenvalue weighted by Gasteiger charge is 2.42. The van der Waals surface area contributed by atoms with Gasteiger partial charge >= 0.3 is 5.97 Å². The lowest BCUT2D eigenvalue weighted by Gasteiger charge is -2.48. The van der Waals surface area contributed by atoms with Crippen LogP contribution >= 0.6 is 0 Å². The van der Waals surface area contributed by atoms with Gasteiger partial charge in [-0.15, -0.1) is 0 Å². The molecule has 35 heavy (non-hydrogen) atoms. The molecule has 6 rings (SSSR count). The minimum atomic E-state index is -0.978. The quantitative estimate of drug-likeness (QED) is 0.344. The summed E-state index contributed by atoms with van der Waals surface area (Å²) in [5.74, 6) is -0.492. The number of carboxylic acid groups (broad SMARTS) is 1. The van der Waals surface area contributed by atoms with Crippen LogP contribution in [-0.4, -0.2) is 24.2 Å². The van der Waals surface area contributed by atoms with Crippen molar-refractivity contribution in [2.75, 3.05) is 18.0 Å². The number of nitrogens with zero attached hydrogens (tertiary/aromatic N) is 1. The zero-order valence-corrected chi connectivity index (χ0v) is 20.6. The maximum absolute atomic E-state index is 12.3. The van der Waals surface area contributed by atoms with E-state index in [-0.39, 0.29) is 21.8 Å². The highest BCUT2D eigenvalue weighted by atomic mass is 16.4. The molecule has 4 aliphatic rings. The Labute approximate surface area is 204 Å². The first-order valence-corrected chi connectivity index (χ1v) is 12.2. The number of carboxylic acids is 1. The van der Waals surface area contributed by atoms with Gasteiger partial charge in [-0.25, -0.2) is 4.79 Å². The van der Waals surface area contributed by atoms with Crippen LogP contribution in [0.3, 0.4) is 0 Å². The van der Waals surface area contributed by atoms with Gasteiger partial charge in [0.15, 0.2) is 5.43 Å². The summed E-state index contributed by atoms with van der Waals surface area (Å²) in [5.41, 5.74) is 6.59. The molecule has 0 unspecified atom stereocenters. The minimum absolute atomic E-state index is 0.0282. The summed E-state index contributed by atoms with van der Waals surface area (Å²) in [6, 6.07) is 14.1. The lowest BCUT2D eigenvalue weighted by molar-refractivity contribution is 0.0697. The first-order chi connectivity index (χ1) is 16.6. The Bertz CT molecular complexity index is 1560. The van der Waals surface area contributed by atoms with Crippen LogP contribution < -0.4 is 10.3 Å². The fourth-order valence-corrected chi connectivity index (χ4v) is 6.07. The fraction of sp³-hybridized carbons (Fsp3) is 0.333. The molecule has 0 saturated heterocycles. The van der Waals surface area contributed by atoms with E-state index in [2.05, 4.69) is 38.7 Å². The Morgan fingerprint density at radius 2 is 1.66 bits per heavy atom. The molecule has 5 nitrogen and oxygen atoms in total. The lowest BCUT2D eigenvalue weighted by Crippen LogP contribution is -2.44. The molecule has 3 heterocycles. The summed E-state index contributed by atoms with van der Waals surface area (Å²) in [7, 11) is 0. The van der Waals surface area contributed by atoms with E-state index in [0.29, 0.717) is 11.3 Å². The van der Waals surface area contributed by atoms with Crippen molar-refractivity contribution in [3.63, 3.8) is 0 Å². The Morgan fingerprint density at radius 1 is 0.943 bits per heavy atom. The monoisotopic (exact) mass is 467 g/mol. The van der Waals surface area contributed by atoms with Crippen LogP contribution in [0.1, 0.15) is 62.0 Å². The molecular weight excluding hydrogens is 438 g/mol. The van der Waals surface area contributed by atoms with E-state index >= 15 is 0 Å². The van der Waals surface area contributed by atoms with Gasteiger partial charge in [0.2, 0.25) is 0 Å².